The minimum Gasteiger partial charge on any atom is -0.465 e. The van der Waals surface area contributed by atoms with Crippen LogP contribution in [0.1, 0.15) is 5.56 Å². The second-order valence-corrected chi connectivity index (χ2v) is 7.51. The van der Waals surface area contributed by atoms with E-state index < -0.39 is 35.4 Å². The van der Waals surface area contributed by atoms with E-state index in [4.69, 9.17) is 15.6 Å². The average Bonchev–Trinajstić information content (AvgIpc) is 3.09. The van der Waals surface area contributed by atoms with Crippen molar-refractivity contribution in [3.8, 4) is 11.5 Å². The molecule has 4 N–H and O–H groups in total. The van der Waals surface area contributed by atoms with Gasteiger partial charge in [-0.05, 0) is 54.6 Å². The molecular weight excluding hydrogens is 486 g/mol. The molecule has 0 atom stereocenters. The fourth-order valence-electron chi connectivity index (χ4n) is 3.49. The Bertz CT molecular complexity index is 1470. The number of ether oxygens (including phenoxy) is 1. The number of imidazole rings is 1. The van der Waals surface area contributed by atoms with Gasteiger partial charge >= 0.3 is 18.3 Å². The molecule has 13 heteroatoms. The Kier molecular flexibility index (Phi) is 6.14. The molecule has 0 bridgehead atoms. The summed E-state index contributed by atoms with van der Waals surface area (Å²) in [5.74, 6) is -0.287. The molecule has 4 aromatic rings. The second kappa shape index (κ2) is 9.09. The van der Waals surface area contributed by atoms with Gasteiger partial charge in [0.1, 0.15) is 17.3 Å². The van der Waals surface area contributed by atoms with Gasteiger partial charge in [-0.3, -0.25) is 10.2 Å². The van der Waals surface area contributed by atoms with E-state index in [1.54, 1.807) is 25.2 Å². The van der Waals surface area contributed by atoms with Crippen LogP contribution >= 0.6 is 0 Å². The number of halogens is 4. The van der Waals surface area contributed by atoms with Crippen molar-refractivity contribution < 1.29 is 37.0 Å². The molecule has 3 amide bonds. The molecule has 0 fully saturated rings. The third-order valence-corrected chi connectivity index (χ3v) is 5.14. The third-order valence-electron chi connectivity index (χ3n) is 5.14. The first-order valence-corrected chi connectivity index (χ1v) is 10.1. The van der Waals surface area contributed by atoms with Gasteiger partial charge in [0.05, 0.1) is 28.0 Å². The van der Waals surface area contributed by atoms with Gasteiger partial charge in [0, 0.05) is 13.1 Å². The number of rotatable bonds is 5. The number of anilines is 3. The number of nitrogens with one attached hydrogen (secondary N) is 1. The summed E-state index contributed by atoms with van der Waals surface area (Å²) in [6.45, 7) is 0. The average molecular weight is 503 g/mol. The number of hydrogen-bond acceptors (Lipinski definition) is 4. The number of carbonyl (C=O) groups excluding carboxylic acids is 1. The van der Waals surface area contributed by atoms with Crippen molar-refractivity contribution >= 4 is 40.5 Å². The molecule has 0 aliphatic heterocycles. The lowest BCUT2D eigenvalue weighted by atomic mass is 10.1. The fourth-order valence-corrected chi connectivity index (χ4v) is 3.49. The summed E-state index contributed by atoms with van der Waals surface area (Å²) in [7, 11) is 1.62. The van der Waals surface area contributed by atoms with Crippen molar-refractivity contribution in [3.05, 3.63) is 72.0 Å². The third kappa shape index (κ3) is 4.85. The highest BCUT2D eigenvalue weighted by Crippen LogP contribution is 2.36. The Morgan fingerprint density at radius 3 is 2.33 bits per heavy atom. The summed E-state index contributed by atoms with van der Waals surface area (Å²) in [4.78, 5) is 27.7. The molecule has 0 unspecified atom stereocenters. The Balaban J connectivity index is 1.61. The molecule has 9 nitrogen and oxygen atoms in total. The van der Waals surface area contributed by atoms with E-state index >= 15 is 0 Å². The Hall–Kier alpha value is -4.81. The van der Waals surface area contributed by atoms with Crippen LogP contribution in [0.15, 0.2) is 60.7 Å². The normalized spacial score (nSPS) is 11.4. The predicted molar refractivity (Wildman–Crippen MR) is 122 cm³/mol. The van der Waals surface area contributed by atoms with Crippen LogP contribution in [0, 0.1) is 5.82 Å². The number of alkyl halides is 3. The maximum Gasteiger partial charge on any atom is 0.416 e. The number of benzene rings is 3. The Morgan fingerprint density at radius 1 is 1.06 bits per heavy atom. The van der Waals surface area contributed by atoms with Crippen LogP contribution in [0.3, 0.4) is 0 Å². The first kappa shape index (κ1) is 24.3. The molecule has 1 aromatic heterocycles. The maximum atomic E-state index is 14.4. The number of carbonyl (C=O) groups is 2. The van der Waals surface area contributed by atoms with E-state index in [1.165, 1.54) is 28.8 Å². The number of amides is 3. The number of nitrogens with zero attached hydrogens (tertiary/aromatic N) is 3. The van der Waals surface area contributed by atoms with E-state index in [0.29, 0.717) is 39.9 Å². The van der Waals surface area contributed by atoms with Crippen LogP contribution in [0.4, 0.5) is 44.5 Å². The topological polar surface area (TPSA) is 123 Å². The van der Waals surface area contributed by atoms with E-state index in [1.807, 2.05) is 0 Å². The van der Waals surface area contributed by atoms with Crippen molar-refractivity contribution in [1.29, 1.82) is 0 Å². The van der Waals surface area contributed by atoms with E-state index in [-0.39, 0.29) is 17.4 Å². The van der Waals surface area contributed by atoms with Crippen LogP contribution in [0.25, 0.3) is 11.0 Å². The Morgan fingerprint density at radius 2 is 1.72 bits per heavy atom. The van der Waals surface area contributed by atoms with Crippen LogP contribution < -0.4 is 20.7 Å². The van der Waals surface area contributed by atoms with Gasteiger partial charge < -0.3 is 20.1 Å². The number of urea groups is 1. The summed E-state index contributed by atoms with van der Waals surface area (Å²) in [5.41, 5.74) is 4.66. The molecule has 0 saturated carbocycles. The van der Waals surface area contributed by atoms with Crippen molar-refractivity contribution in [1.82, 2.24) is 9.55 Å². The lowest BCUT2D eigenvalue weighted by molar-refractivity contribution is -0.137. The molecule has 0 radical (unpaired) electrons. The van der Waals surface area contributed by atoms with Crippen LogP contribution in [-0.4, -0.2) is 26.8 Å². The number of primary amides is 1. The van der Waals surface area contributed by atoms with E-state index in [0.717, 1.165) is 0 Å². The van der Waals surface area contributed by atoms with Crippen molar-refractivity contribution in [2.45, 2.75) is 6.18 Å². The highest BCUT2D eigenvalue weighted by Gasteiger charge is 2.32. The number of carboxylic acid groups (broad SMARTS) is 1. The van der Waals surface area contributed by atoms with Gasteiger partial charge in [-0.1, -0.05) is 0 Å². The minimum absolute atomic E-state index is 0.0135. The van der Waals surface area contributed by atoms with Gasteiger partial charge in [0.25, 0.3) is 0 Å². The molecule has 0 spiro atoms. The summed E-state index contributed by atoms with van der Waals surface area (Å²) in [6, 6.07) is 10.8. The van der Waals surface area contributed by atoms with E-state index in [9.17, 15) is 27.2 Å². The molecule has 0 aliphatic rings. The zero-order valence-corrected chi connectivity index (χ0v) is 18.4. The van der Waals surface area contributed by atoms with Crippen LogP contribution in [0.5, 0.6) is 11.5 Å². The summed E-state index contributed by atoms with van der Waals surface area (Å²) in [5, 5.41) is 11.1. The van der Waals surface area contributed by atoms with Gasteiger partial charge in [-0.25, -0.2) is 19.0 Å². The summed E-state index contributed by atoms with van der Waals surface area (Å²) >= 11 is 0. The number of hydrogen-bond donors (Lipinski definition) is 3. The number of aromatic nitrogens is 2. The molecule has 0 aliphatic carbocycles. The summed E-state index contributed by atoms with van der Waals surface area (Å²) < 4.78 is 61.0. The highest BCUT2D eigenvalue weighted by atomic mass is 19.4. The standard InChI is InChI=1S/C23H17F4N5O4/c1-31-19-11-15(7-9-17(19)29-21(31)30-22(34)35)36-14-5-3-13(4-6-14)32(20(28)33)18-10-12(23(25,26)27)2-8-16(18)24/h2-11H,1H3,(H2,28,33)(H,29,30)(H,34,35). The number of nitrogens with two attached hydrogens (primary N) is 1. The molecule has 36 heavy (non-hydrogen) atoms. The lowest BCUT2D eigenvalue weighted by Crippen LogP contribution is -2.32. The molecule has 186 valence electrons. The van der Waals surface area contributed by atoms with Crippen LogP contribution in [0.2, 0.25) is 0 Å². The zero-order valence-electron chi connectivity index (χ0n) is 18.4. The second-order valence-electron chi connectivity index (χ2n) is 7.51. The predicted octanol–water partition coefficient (Wildman–Crippen LogP) is 5.83. The smallest absolute Gasteiger partial charge is 0.416 e. The van der Waals surface area contributed by atoms with Crippen LogP contribution in [-0.2, 0) is 13.2 Å². The molecular formula is C23H17F4N5O4. The SMILES string of the molecule is Cn1c(NC(=O)O)nc2ccc(Oc3ccc(N(C(N)=O)c4cc(C(F)(F)F)ccc4F)cc3)cc21. The lowest BCUT2D eigenvalue weighted by Gasteiger charge is -2.22. The fraction of sp³-hybridized carbons (Fsp3) is 0.0870. The number of aryl methyl sites for hydroxylation is 1. The van der Waals surface area contributed by atoms with Gasteiger partial charge in [-0.2, -0.15) is 13.2 Å². The highest BCUT2D eigenvalue weighted by molar-refractivity contribution is 5.98. The first-order valence-electron chi connectivity index (χ1n) is 10.1. The monoisotopic (exact) mass is 503 g/mol. The molecule has 0 saturated heterocycles. The van der Waals surface area contributed by atoms with Crippen molar-refractivity contribution in [3.63, 3.8) is 0 Å². The van der Waals surface area contributed by atoms with Crippen molar-refractivity contribution in [2.75, 3.05) is 10.2 Å². The Labute approximate surface area is 200 Å². The van der Waals surface area contributed by atoms with Gasteiger partial charge in [0.2, 0.25) is 5.95 Å². The number of fused-ring (bicyclic) bond motifs is 1. The minimum atomic E-state index is -4.75. The quantitative estimate of drug-likeness (QED) is 0.296. The zero-order chi connectivity index (χ0) is 26.2. The maximum absolute atomic E-state index is 14.4. The molecule has 4 rings (SSSR count). The van der Waals surface area contributed by atoms with Gasteiger partial charge in [-0.15, -0.1) is 0 Å². The molecule has 1 heterocycles. The first-order chi connectivity index (χ1) is 16.9. The van der Waals surface area contributed by atoms with Gasteiger partial charge in [0.15, 0.2) is 0 Å². The summed E-state index contributed by atoms with van der Waals surface area (Å²) in [6.07, 6.45) is -6.01. The van der Waals surface area contributed by atoms with Crippen molar-refractivity contribution in [2.24, 2.45) is 12.8 Å². The van der Waals surface area contributed by atoms with E-state index in [2.05, 4.69) is 10.3 Å². The molecule has 3 aromatic carbocycles. The largest absolute Gasteiger partial charge is 0.465 e.